The first kappa shape index (κ1) is 18.2. The van der Waals surface area contributed by atoms with Crippen LogP contribution < -0.4 is 10.2 Å². The maximum atomic E-state index is 13.3. The van der Waals surface area contributed by atoms with Gasteiger partial charge >= 0.3 is 0 Å². The highest BCUT2D eigenvalue weighted by molar-refractivity contribution is 7.09. The summed E-state index contributed by atoms with van der Waals surface area (Å²) in [7, 11) is 0. The molecular formula is C24H21NO3S. The Bertz CT molecular complexity index is 1210. The van der Waals surface area contributed by atoms with Gasteiger partial charge in [0.15, 0.2) is 0 Å². The molecule has 0 amide bonds. The largest absolute Gasteiger partial charge is 0.478 e. The molecule has 0 saturated carbocycles. The third-order valence-corrected chi connectivity index (χ3v) is 6.33. The number of nitrogens with zero attached hydrogens (tertiary/aromatic N) is 1. The van der Waals surface area contributed by atoms with Gasteiger partial charge in [-0.25, -0.2) is 0 Å². The standard InChI is InChI=1S/C24H21NO3S/c1-16-22(17-6-3-2-4-7-17)23(26)19-9-10-21-20(24(19)28-16)14-25(15-27-21)12-11-18-8-5-13-29-18/h2-10,13H,11-12,14-15H2,1H3. The van der Waals surface area contributed by atoms with Gasteiger partial charge in [-0.2, -0.15) is 0 Å². The molecule has 4 aromatic rings. The molecule has 0 atom stereocenters. The zero-order chi connectivity index (χ0) is 19.8. The first-order valence-electron chi connectivity index (χ1n) is 9.73. The molecule has 0 saturated heterocycles. The third kappa shape index (κ3) is 3.37. The number of fused-ring (bicyclic) bond motifs is 3. The minimum Gasteiger partial charge on any atom is -0.478 e. The summed E-state index contributed by atoms with van der Waals surface area (Å²) in [5.41, 5.74) is 3.12. The number of ether oxygens (including phenoxy) is 1. The summed E-state index contributed by atoms with van der Waals surface area (Å²) in [6, 6.07) is 17.7. The Morgan fingerprint density at radius 1 is 1.07 bits per heavy atom. The van der Waals surface area contributed by atoms with Crippen LogP contribution in [-0.2, 0) is 13.0 Å². The molecule has 1 aliphatic rings. The van der Waals surface area contributed by atoms with Crippen LogP contribution >= 0.6 is 11.3 Å². The average molecular weight is 404 g/mol. The molecule has 5 rings (SSSR count). The summed E-state index contributed by atoms with van der Waals surface area (Å²) in [6.45, 7) is 4.03. The molecule has 0 unspecified atom stereocenters. The average Bonchev–Trinajstić information content (AvgIpc) is 3.26. The Morgan fingerprint density at radius 2 is 1.93 bits per heavy atom. The fourth-order valence-corrected chi connectivity index (χ4v) is 4.62. The second-order valence-corrected chi connectivity index (χ2v) is 8.33. The molecule has 1 aliphatic heterocycles. The fourth-order valence-electron chi connectivity index (χ4n) is 3.92. The number of benzene rings is 2. The van der Waals surface area contributed by atoms with E-state index in [1.807, 2.05) is 49.4 Å². The molecule has 5 heteroatoms. The molecule has 4 nitrogen and oxygen atoms in total. The van der Waals surface area contributed by atoms with Gasteiger partial charge in [-0.15, -0.1) is 11.3 Å². The van der Waals surface area contributed by atoms with Crippen LogP contribution in [0.4, 0.5) is 0 Å². The molecule has 0 aliphatic carbocycles. The molecule has 2 aromatic carbocycles. The fraction of sp³-hybridized carbons (Fsp3) is 0.208. The third-order valence-electron chi connectivity index (χ3n) is 5.40. The molecule has 2 aromatic heterocycles. The SMILES string of the molecule is Cc1oc2c3c(ccc2c(=O)c1-c1ccccc1)OCN(CCc1cccs1)C3. The molecule has 3 heterocycles. The number of hydrogen-bond acceptors (Lipinski definition) is 5. The van der Waals surface area contributed by atoms with Crippen LogP contribution in [0.15, 0.2) is 69.2 Å². The highest BCUT2D eigenvalue weighted by Gasteiger charge is 2.23. The smallest absolute Gasteiger partial charge is 0.200 e. The maximum absolute atomic E-state index is 13.3. The van der Waals surface area contributed by atoms with Crippen molar-refractivity contribution >= 4 is 22.3 Å². The van der Waals surface area contributed by atoms with Crippen LogP contribution in [0.25, 0.3) is 22.1 Å². The number of hydrogen-bond donors (Lipinski definition) is 0. The van der Waals surface area contributed by atoms with E-state index in [4.69, 9.17) is 9.15 Å². The lowest BCUT2D eigenvalue weighted by atomic mass is 10.0. The molecule has 0 N–H and O–H groups in total. The lowest BCUT2D eigenvalue weighted by Gasteiger charge is -2.29. The lowest BCUT2D eigenvalue weighted by molar-refractivity contribution is 0.0970. The topological polar surface area (TPSA) is 42.7 Å². The minimum atomic E-state index is 0.00783. The van der Waals surface area contributed by atoms with Crippen molar-refractivity contribution in [3.8, 4) is 16.9 Å². The lowest BCUT2D eigenvalue weighted by Crippen LogP contribution is -2.33. The highest BCUT2D eigenvalue weighted by atomic mass is 32.1. The van der Waals surface area contributed by atoms with Crippen molar-refractivity contribution < 1.29 is 9.15 Å². The van der Waals surface area contributed by atoms with Crippen LogP contribution in [0.2, 0.25) is 0 Å². The van der Waals surface area contributed by atoms with Gasteiger partial charge in [0, 0.05) is 18.0 Å². The molecule has 29 heavy (non-hydrogen) atoms. The van der Waals surface area contributed by atoms with Gasteiger partial charge in [-0.05, 0) is 42.5 Å². The van der Waals surface area contributed by atoms with Gasteiger partial charge < -0.3 is 9.15 Å². The van der Waals surface area contributed by atoms with Gasteiger partial charge in [0.2, 0.25) is 5.43 Å². The molecule has 146 valence electrons. The Kier molecular flexibility index (Phi) is 4.70. The van der Waals surface area contributed by atoms with Gasteiger partial charge in [0.1, 0.15) is 23.8 Å². The summed E-state index contributed by atoms with van der Waals surface area (Å²) < 4.78 is 12.2. The van der Waals surface area contributed by atoms with Crippen molar-refractivity contribution in [2.24, 2.45) is 0 Å². The second-order valence-electron chi connectivity index (χ2n) is 7.30. The summed E-state index contributed by atoms with van der Waals surface area (Å²) in [4.78, 5) is 16.9. The zero-order valence-electron chi connectivity index (χ0n) is 16.2. The Hall–Kier alpha value is -2.89. The monoisotopic (exact) mass is 403 g/mol. The van der Waals surface area contributed by atoms with Gasteiger partial charge in [-0.3, -0.25) is 9.69 Å². The predicted octanol–water partition coefficient (Wildman–Crippen LogP) is 5.22. The number of thiophene rings is 1. The predicted molar refractivity (Wildman–Crippen MR) is 117 cm³/mol. The van der Waals surface area contributed by atoms with Crippen LogP contribution in [-0.4, -0.2) is 18.2 Å². The first-order chi connectivity index (χ1) is 14.2. The van der Waals surface area contributed by atoms with E-state index >= 15 is 0 Å². The van der Waals surface area contributed by atoms with Crippen LogP contribution in [0.1, 0.15) is 16.2 Å². The summed E-state index contributed by atoms with van der Waals surface area (Å²) >= 11 is 1.78. The van der Waals surface area contributed by atoms with Crippen molar-refractivity contribution in [1.82, 2.24) is 4.90 Å². The molecule has 0 bridgehead atoms. The van der Waals surface area contributed by atoms with Crippen molar-refractivity contribution in [3.05, 3.63) is 86.4 Å². The number of aryl methyl sites for hydroxylation is 1. The van der Waals surface area contributed by atoms with E-state index in [2.05, 4.69) is 22.4 Å². The Labute approximate surface area is 173 Å². The molecule has 0 radical (unpaired) electrons. The number of rotatable bonds is 4. The van der Waals surface area contributed by atoms with E-state index in [0.29, 0.717) is 35.6 Å². The van der Waals surface area contributed by atoms with Gasteiger partial charge in [0.05, 0.1) is 16.5 Å². The van der Waals surface area contributed by atoms with E-state index < -0.39 is 0 Å². The van der Waals surface area contributed by atoms with Crippen molar-refractivity contribution in [1.29, 1.82) is 0 Å². The van der Waals surface area contributed by atoms with Crippen molar-refractivity contribution in [2.75, 3.05) is 13.3 Å². The summed E-state index contributed by atoms with van der Waals surface area (Å²) in [5.74, 6) is 1.44. The van der Waals surface area contributed by atoms with E-state index in [0.717, 1.165) is 29.8 Å². The van der Waals surface area contributed by atoms with Crippen LogP contribution in [0, 0.1) is 6.92 Å². The summed E-state index contributed by atoms with van der Waals surface area (Å²) in [6.07, 6.45) is 0.988. The van der Waals surface area contributed by atoms with E-state index in [1.165, 1.54) is 4.88 Å². The van der Waals surface area contributed by atoms with Gasteiger partial charge in [0.25, 0.3) is 0 Å². The van der Waals surface area contributed by atoms with E-state index in [9.17, 15) is 4.79 Å². The minimum absolute atomic E-state index is 0.00783. The normalized spacial score (nSPS) is 14.0. The van der Waals surface area contributed by atoms with Crippen molar-refractivity contribution in [2.45, 2.75) is 19.9 Å². The quantitative estimate of drug-likeness (QED) is 0.468. The maximum Gasteiger partial charge on any atom is 0.200 e. The Balaban J connectivity index is 1.53. The Morgan fingerprint density at radius 3 is 2.72 bits per heavy atom. The van der Waals surface area contributed by atoms with Crippen LogP contribution in [0.5, 0.6) is 5.75 Å². The highest BCUT2D eigenvalue weighted by Crippen LogP contribution is 2.33. The zero-order valence-corrected chi connectivity index (χ0v) is 17.0. The van der Waals surface area contributed by atoms with Gasteiger partial charge in [-0.1, -0.05) is 36.4 Å². The van der Waals surface area contributed by atoms with Crippen LogP contribution in [0.3, 0.4) is 0 Å². The molecule has 0 fully saturated rings. The molecule has 0 spiro atoms. The summed E-state index contributed by atoms with van der Waals surface area (Å²) in [5, 5.41) is 2.71. The molecular weight excluding hydrogens is 382 g/mol. The van der Waals surface area contributed by atoms with E-state index in [1.54, 1.807) is 11.3 Å². The first-order valence-corrected chi connectivity index (χ1v) is 10.6. The van der Waals surface area contributed by atoms with Crippen molar-refractivity contribution in [3.63, 3.8) is 0 Å². The second kappa shape index (κ2) is 7.50. The van der Waals surface area contributed by atoms with E-state index in [-0.39, 0.29) is 5.43 Å².